The van der Waals surface area contributed by atoms with E-state index < -0.39 is 17.8 Å². The Labute approximate surface area is 106 Å². The Morgan fingerprint density at radius 1 is 1.24 bits per heavy atom. The molecule has 7 heteroatoms. The number of rotatable bonds is 3. The second kappa shape index (κ2) is 5.44. The summed E-state index contributed by atoms with van der Waals surface area (Å²) in [6.45, 7) is -0.307. The van der Waals surface area contributed by atoms with Crippen LogP contribution in [0.25, 0.3) is 0 Å². The number of halogens is 5. The number of hydrogen-bond acceptors (Lipinski definition) is 2. The van der Waals surface area contributed by atoms with Crippen LogP contribution in [0.15, 0.2) is 12.1 Å². The molecule has 0 radical (unpaired) electrons. The van der Waals surface area contributed by atoms with Crippen LogP contribution in [0.5, 0.6) is 0 Å². The van der Waals surface area contributed by atoms with E-state index >= 15 is 0 Å². The zero-order valence-corrected chi connectivity index (χ0v) is 10.1. The van der Waals surface area contributed by atoms with E-state index in [-0.39, 0.29) is 28.6 Å². The fraction of sp³-hybridized carbons (Fsp3) is 0.400. The third kappa shape index (κ3) is 3.48. The summed E-state index contributed by atoms with van der Waals surface area (Å²) in [7, 11) is 0. The van der Waals surface area contributed by atoms with Gasteiger partial charge in [-0.2, -0.15) is 13.2 Å². The molecule has 17 heavy (non-hydrogen) atoms. The average Bonchev–Trinajstić information content (AvgIpc) is 2.20. The summed E-state index contributed by atoms with van der Waals surface area (Å²) in [4.78, 5) is 0. The molecule has 1 rings (SSSR count). The Balaban J connectivity index is 3.31. The maximum atomic E-state index is 12.7. The van der Waals surface area contributed by atoms with Crippen molar-refractivity contribution in [2.75, 3.05) is 6.61 Å². The zero-order chi connectivity index (χ0) is 13.2. The van der Waals surface area contributed by atoms with Crippen molar-refractivity contribution in [2.24, 2.45) is 5.73 Å². The second-order valence-corrected chi connectivity index (χ2v) is 4.28. The quantitative estimate of drug-likeness (QED) is 0.895. The smallest absolute Gasteiger partial charge is 0.396 e. The molecule has 0 unspecified atom stereocenters. The van der Waals surface area contributed by atoms with Crippen LogP contribution in [-0.4, -0.2) is 11.7 Å². The van der Waals surface area contributed by atoms with E-state index in [0.717, 1.165) is 12.1 Å². The molecule has 0 aliphatic carbocycles. The lowest BCUT2D eigenvalue weighted by Crippen LogP contribution is -2.18. The lowest BCUT2D eigenvalue weighted by molar-refractivity contribution is -0.138. The molecular weight excluding hydrogens is 278 g/mol. The van der Waals surface area contributed by atoms with Gasteiger partial charge in [0.25, 0.3) is 0 Å². The molecule has 0 aliphatic rings. The third-order valence-corrected chi connectivity index (χ3v) is 2.96. The zero-order valence-electron chi connectivity index (χ0n) is 8.56. The molecular formula is C10H10Cl2F3NO. The van der Waals surface area contributed by atoms with Crippen molar-refractivity contribution >= 4 is 23.2 Å². The molecule has 0 heterocycles. The van der Waals surface area contributed by atoms with Crippen molar-refractivity contribution in [2.45, 2.75) is 18.6 Å². The molecule has 0 aliphatic heterocycles. The van der Waals surface area contributed by atoms with E-state index in [1.807, 2.05) is 0 Å². The van der Waals surface area contributed by atoms with Gasteiger partial charge in [0.05, 0.1) is 15.6 Å². The Morgan fingerprint density at radius 3 is 2.24 bits per heavy atom. The Kier molecular flexibility index (Phi) is 4.66. The molecule has 1 atom stereocenters. The molecule has 0 saturated carbocycles. The molecule has 3 N–H and O–H groups in total. The fourth-order valence-corrected chi connectivity index (χ4v) is 1.74. The van der Waals surface area contributed by atoms with Crippen LogP contribution in [0.3, 0.4) is 0 Å². The summed E-state index contributed by atoms with van der Waals surface area (Å²) in [5.74, 6) is 0. The first-order valence-electron chi connectivity index (χ1n) is 4.70. The molecule has 0 bridgehead atoms. The van der Waals surface area contributed by atoms with E-state index in [0.29, 0.717) is 0 Å². The van der Waals surface area contributed by atoms with Gasteiger partial charge in [0.1, 0.15) is 0 Å². The van der Waals surface area contributed by atoms with Gasteiger partial charge in [-0.25, -0.2) is 0 Å². The second-order valence-electron chi connectivity index (χ2n) is 3.47. The number of hydrogen-bond donors (Lipinski definition) is 2. The summed E-state index contributed by atoms with van der Waals surface area (Å²) in [5.41, 5.74) is 4.47. The summed E-state index contributed by atoms with van der Waals surface area (Å²) >= 11 is 11.2. The Morgan fingerprint density at radius 2 is 1.76 bits per heavy atom. The highest BCUT2D eigenvalue weighted by atomic mass is 35.5. The molecule has 2 nitrogen and oxygen atoms in total. The van der Waals surface area contributed by atoms with Crippen molar-refractivity contribution in [1.82, 2.24) is 0 Å². The highest BCUT2D eigenvalue weighted by Gasteiger charge is 2.35. The standard InChI is InChI=1S/C10H10Cl2F3NO/c11-7-3-5(9(16)1-2-17)6(4-8(7)12)10(13,14)15/h3-4,9,17H,1-2,16H2/t9-/m0/s1. The highest BCUT2D eigenvalue weighted by Crippen LogP contribution is 2.39. The molecule has 1 aromatic carbocycles. The normalized spacial score (nSPS) is 13.8. The first kappa shape index (κ1) is 14.6. The van der Waals surface area contributed by atoms with Gasteiger partial charge in [0.15, 0.2) is 0 Å². The maximum Gasteiger partial charge on any atom is 0.416 e. The predicted octanol–water partition coefficient (Wildman–Crippen LogP) is 3.39. The number of nitrogens with two attached hydrogens (primary N) is 1. The third-order valence-electron chi connectivity index (χ3n) is 2.24. The average molecular weight is 288 g/mol. The largest absolute Gasteiger partial charge is 0.416 e. The van der Waals surface area contributed by atoms with Crippen molar-refractivity contribution in [3.05, 3.63) is 33.3 Å². The van der Waals surface area contributed by atoms with Crippen LogP contribution >= 0.6 is 23.2 Å². The van der Waals surface area contributed by atoms with E-state index in [1.165, 1.54) is 0 Å². The minimum Gasteiger partial charge on any atom is -0.396 e. The molecule has 0 amide bonds. The molecule has 0 spiro atoms. The minimum atomic E-state index is -4.56. The number of aliphatic hydroxyl groups is 1. The lowest BCUT2D eigenvalue weighted by atomic mass is 9.98. The first-order valence-corrected chi connectivity index (χ1v) is 5.45. The van der Waals surface area contributed by atoms with Crippen LogP contribution < -0.4 is 5.73 Å². The van der Waals surface area contributed by atoms with Crippen LogP contribution in [0.4, 0.5) is 13.2 Å². The van der Waals surface area contributed by atoms with Gasteiger partial charge in [-0.05, 0) is 24.1 Å². The van der Waals surface area contributed by atoms with Gasteiger partial charge < -0.3 is 10.8 Å². The van der Waals surface area contributed by atoms with Crippen molar-refractivity contribution in [3.63, 3.8) is 0 Å². The maximum absolute atomic E-state index is 12.7. The van der Waals surface area contributed by atoms with Crippen molar-refractivity contribution in [3.8, 4) is 0 Å². The molecule has 0 aromatic heterocycles. The number of benzene rings is 1. The number of alkyl halides is 3. The van der Waals surface area contributed by atoms with Gasteiger partial charge in [0, 0.05) is 12.6 Å². The van der Waals surface area contributed by atoms with Crippen molar-refractivity contribution in [1.29, 1.82) is 0 Å². The van der Waals surface area contributed by atoms with E-state index in [1.54, 1.807) is 0 Å². The Hall–Kier alpha value is -0.490. The van der Waals surface area contributed by atoms with Crippen LogP contribution in [-0.2, 0) is 6.18 Å². The molecule has 0 saturated heterocycles. The number of aliphatic hydroxyl groups excluding tert-OH is 1. The van der Waals surface area contributed by atoms with Gasteiger partial charge in [-0.15, -0.1) is 0 Å². The highest BCUT2D eigenvalue weighted by molar-refractivity contribution is 6.42. The van der Waals surface area contributed by atoms with Gasteiger partial charge in [-0.1, -0.05) is 23.2 Å². The van der Waals surface area contributed by atoms with Gasteiger partial charge >= 0.3 is 6.18 Å². The summed E-state index contributed by atoms with van der Waals surface area (Å²) in [6.07, 6.45) is -4.54. The summed E-state index contributed by atoms with van der Waals surface area (Å²) < 4.78 is 38.2. The molecule has 1 aromatic rings. The SMILES string of the molecule is N[C@@H](CCO)c1cc(Cl)c(Cl)cc1C(F)(F)F. The minimum absolute atomic E-state index is 0.00283. The van der Waals surface area contributed by atoms with Gasteiger partial charge in [-0.3, -0.25) is 0 Å². The van der Waals surface area contributed by atoms with E-state index in [2.05, 4.69) is 0 Å². The lowest BCUT2D eigenvalue weighted by Gasteiger charge is -2.18. The fourth-order valence-electron chi connectivity index (χ4n) is 1.41. The van der Waals surface area contributed by atoms with Crippen LogP contribution in [0.2, 0.25) is 10.0 Å². The Bertz CT molecular complexity index is 409. The molecule has 96 valence electrons. The topological polar surface area (TPSA) is 46.2 Å². The monoisotopic (exact) mass is 287 g/mol. The van der Waals surface area contributed by atoms with Crippen LogP contribution in [0.1, 0.15) is 23.6 Å². The van der Waals surface area contributed by atoms with Crippen molar-refractivity contribution < 1.29 is 18.3 Å². The van der Waals surface area contributed by atoms with E-state index in [9.17, 15) is 13.2 Å². The summed E-state index contributed by atoms with van der Waals surface area (Å²) in [6, 6.07) is 0.898. The first-order chi connectivity index (χ1) is 7.77. The molecule has 0 fully saturated rings. The van der Waals surface area contributed by atoms with Crippen LogP contribution in [0, 0.1) is 0 Å². The summed E-state index contributed by atoms with van der Waals surface area (Å²) in [5, 5.41) is 8.52. The predicted molar refractivity (Wildman–Crippen MR) is 60.1 cm³/mol. The van der Waals surface area contributed by atoms with E-state index in [4.69, 9.17) is 34.0 Å². The van der Waals surface area contributed by atoms with Gasteiger partial charge in [0.2, 0.25) is 0 Å².